The van der Waals surface area contributed by atoms with E-state index in [9.17, 15) is 4.79 Å². The van der Waals surface area contributed by atoms with Crippen molar-refractivity contribution in [1.29, 1.82) is 0 Å². The van der Waals surface area contributed by atoms with E-state index in [-0.39, 0.29) is 5.78 Å². The van der Waals surface area contributed by atoms with E-state index in [1.165, 1.54) is 4.88 Å². The summed E-state index contributed by atoms with van der Waals surface area (Å²) in [6.45, 7) is 0. The molecule has 3 heteroatoms. The van der Waals surface area contributed by atoms with Crippen LogP contribution in [0.2, 0.25) is 0 Å². The average Bonchev–Trinajstić information content (AvgIpc) is 3.30. The van der Waals surface area contributed by atoms with Crippen molar-refractivity contribution in [2.75, 3.05) is 0 Å². The minimum atomic E-state index is -0.167. The van der Waals surface area contributed by atoms with Gasteiger partial charge in [-0.2, -0.15) is 0 Å². The number of carbonyl (C=O) groups is 1. The lowest BCUT2D eigenvalue weighted by atomic mass is 10.1. The summed E-state index contributed by atoms with van der Waals surface area (Å²) in [5.41, 5.74) is 3.60. The maximum Gasteiger partial charge on any atom is 0.236 e. The summed E-state index contributed by atoms with van der Waals surface area (Å²) in [7, 11) is 0. The second kappa shape index (κ2) is 6.19. The van der Waals surface area contributed by atoms with Gasteiger partial charge in [0.1, 0.15) is 0 Å². The summed E-state index contributed by atoms with van der Waals surface area (Å²) in [6, 6.07) is 19.6. The first-order chi connectivity index (χ1) is 11.8. The SMILES string of the molecule is O=C(C#Cc1cccc(-c2cccs2)c1)c1ccc2[nH]ccc2c1. The van der Waals surface area contributed by atoms with E-state index >= 15 is 0 Å². The third kappa shape index (κ3) is 2.88. The fourth-order valence-electron chi connectivity index (χ4n) is 2.59. The number of H-pyrrole nitrogens is 1. The predicted molar refractivity (Wildman–Crippen MR) is 99.3 cm³/mol. The maximum absolute atomic E-state index is 12.3. The molecule has 2 nitrogen and oxygen atoms in total. The van der Waals surface area contributed by atoms with Crippen LogP contribution in [0.5, 0.6) is 0 Å². The summed E-state index contributed by atoms with van der Waals surface area (Å²) in [6.07, 6.45) is 1.86. The fourth-order valence-corrected chi connectivity index (χ4v) is 3.31. The molecule has 114 valence electrons. The van der Waals surface area contributed by atoms with Crippen LogP contribution in [-0.4, -0.2) is 10.8 Å². The molecule has 4 rings (SSSR count). The summed E-state index contributed by atoms with van der Waals surface area (Å²) >= 11 is 1.69. The molecule has 2 heterocycles. The topological polar surface area (TPSA) is 32.9 Å². The Kier molecular flexibility index (Phi) is 3.74. The Morgan fingerprint density at radius 3 is 2.83 bits per heavy atom. The minimum Gasteiger partial charge on any atom is -0.361 e. The molecule has 0 radical (unpaired) electrons. The number of benzene rings is 2. The first-order valence-corrected chi connectivity index (χ1v) is 8.45. The molecule has 0 saturated carbocycles. The van der Waals surface area contributed by atoms with Crippen molar-refractivity contribution in [1.82, 2.24) is 4.98 Å². The molecule has 0 saturated heterocycles. The number of aromatic nitrogens is 1. The number of thiophene rings is 1. The van der Waals surface area contributed by atoms with Crippen LogP contribution in [0, 0.1) is 11.8 Å². The largest absolute Gasteiger partial charge is 0.361 e. The van der Waals surface area contributed by atoms with Gasteiger partial charge in [-0.1, -0.05) is 24.1 Å². The maximum atomic E-state index is 12.3. The van der Waals surface area contributed by atoms with Gasteiger partial charge < -0.3 is 4.98 Å². The molecular formula is C21H13NOS. The first-order valence-electron chi connectivity index (χ1n) is 7.57. The highest BCUT2D eigenvalue weighted by Crippen LogP contribution is 2.25. The fraction of sp³-hybridized carbons (Fsp3) is 0. The summed E-state index contributed by atoms with van der Waals surface area (Å²) in [5, 5.41) is 3.07. The van der Waals surface area contributed by atoms with Crippen molar-refractivity contribution < 1.29 is 4.79 Å². The van der Waals surface area contributed by atoms with Gasteiger partial charge in [-0.3, -0.25) is 4.79 Å². The van der Waals surface area contributed by atoms with Gasteiger partial charge >= 0.3 is 0 Å². The Morgan fingerprint density at radius 2 is 1.96 bits per heavy atom. The lowest BCUT2D eigenvalue weighted by Gasteiger charge is -1.98. The van der Waals surface area contributed by atoms with Crippen molar-refractivity contribution in [2.45, 2.75) is 0 Å². The van der Waals surface area contributed by atoms with Gasteiger partial charge in [0.05, 0.1) is 0 Å². The van der Waals surface area contributed by atoms with Crippen LogP contribution >= 0.6 is 11.3 Å². The molecule has 0 aliphatic heterocycles. The van der Waals surface area contributed by atoms with Gasteiger partial charge in [-0.15, -0.1) is 11.3 Å². The quantitative estimate of drug-likeness (QED) is 0.402. The lowest BCUT2D eigenvalue weighted by molar-refractivity contribution is 0.105. The zero-order valence-corrected chi connectivity index (χ0v) is 13.6. The standard InChI is InChI=1S/C21H13NOS/c23-20(17-7-8-19-16(14-17)10-11-22-19)9-6-15-3-1-4-18(13-15)21-5-2-12-24-21/h1-5,7-8,10-14,22H. The molecule has 0 aliphatic carbocycles. The predicted octanol–water partition coefficient (Wildman–Crippen LogP) is 5.13. The normalized spacial score (nSPS) is 10.3. The van der Waals surface area contributed by atoms with E-state index in [4.69, 9.17) is 0 Å². The van der Waals surface area contributed by atoms with E-state index in [2.05, 4.69) is 29.0 Å². The molecule has 0 amide bonds. The Hall–Kier alpha value is -3.09. The van der Waals surface area contributed by atoms with Gasteiger partial charge in [-0.05, 0) is 59.3 Å². The van der Waals surface area contributed by atoms with E-state index in [1.807, 2.05) is 54.0 Å². The molecule has 0 bridgehead atoms. The van der Waals surface area contributed by atoms with Crippen LogP contribution in [0.1, 0.15) is 15.9 Å². The number of aromatic amines is 1. The summed E-state index contributed by atoms with van der Waals surface area (Å²) in [4.78, 5) is 16.6. The summed E-state index contributed by atoms with van der Waals surface area (Å²) < 4.78 is 0. The summed E-state index contributed by atoms with van der Waals surface area (Å²) in [5.74, 6) is 5.57. The highest BCUT2D eigenvalue weighted by atomic mass is 32.1. The Bertz CT molecular complexity index is 1080. The van der Waals surface area contributed by atoms with Crippen molar-refractivity contribution in [3.63, 3.8) is 0 Å². The molecular weight excluding hydrogens is 314 g/mol. The third-order valence-electron chi connectivity index (χ3n) is 3.80. The van der Waals surface area contributed by atoms with E-state index in [0.717, 1.165) is 22.0 Å². The molecule has 0 spiro atoms. The second-order valence-corrected chi connectivity index (χ2v) is 6.36. The number of ketones is 1. The van der Waals surface area contributed by atoms with Crippen molar-refractivity contribution in [3.05, 3.63) is 83.4 Å². The molecule has 1 N–H and O–H groups in total. The Labute approximate surface area is 143 Å². The molecule has 4 aromatic rings. The van der Waals surface area contributed by atoms with E-state index in [1.54, 1.807) is 17.4 Å². The first kappa shape index (κ1) is 14.5. The Morgan fingerprint density at radius 1 is 1.00 bits per heavy atom. The molecule has 0 unspecified atom stereocenters. The highest BCUT2D eigenvalue weighted by Gasteiger charge is 2.04. The van der Waals surface area contributed by atoms with Crippen LogP contribution in [0.25, 0.3) is 21.3 Å². The molecule has 0 atom stereocenters. The van der Waals surface area contributed by atoms with Gasteiger partial charge in [0.2, 0.25) is 5.78 Å². The van der Waals surface area contributed by atoms with Gasteiger partial charge in [0.15, 0.2) is 0 Å². The number of nitrogens with one attached hydrogen (secondary N) is 1. The number of hydrogen-bond donors (Lipinski definition) is 1. The van der Waals surface area contributed by atoms with E-state index < -0.39 is 0 Å². The molecule has 2 aromatic heterocycles. The number of carbonyl (C=O) groups excluding carboxylic acids is 1. The number of fused-ring (bicyclic) bond motifs is 1. The van der Waals surface area contributed by atoms with Crippen LogP contribution in [0.3, 0.4) is 0 Å². The van der Waals surface area contributed by atoms with E-state index in [0.29, 0.717) is 5.56 Å². The van der Waals surface area contributed by atoms with Crippen LogP contribution in [0.4, 0.5) is 0 Å². The lowest BCUT2D eigenvalue weighted by Crippen LogP contribution is -1.94. The second-order valence-electron chi connectivity index (χ2n) is 5.42. The van der Waals surface area contributed by atoms with Crippen LogP contribution in [0.15, 0.2) is 72.2 Å². The van der Waals surface area contributed by atoms with Gasteiger partial charge in [0, 0.05) is 33.1 Å². The van der Waals surface area contributed by atoms with Gasteiger partial charge in [0.25, 0.3) is 0 Å². The molecule has 0 aliphatic rings. The molecule has 2 aromatic carbocycles. The van der Waals surface area contributed by atoms with Crippen molar-refractivity contribution in [3.8, 4) is 22.3 Å². The zero-order valence-electron chi connectivity index (χ0n) is 12.7. The number of rotatable bonds is 2. The highest BCUT2D eigenvalue weighted by molar-refractivity contribution is 7.13. The zero-order chi connectivity index (χ0) is 16.4. The molecule has 24 heavy (non-hydrogen) atoms. The number of hydrogen-bond acceptors (Lipinski definition) is 2. The third-order valence-corrected chi connectivity index (χ3v) is 4.72. The smallest absolute Gasteiger partial charge is 0.236 e. The minimum absolute atomic E-state index is 0.167. The van der Waals surface area contributed by atoms with Crippen LogP contribution < -0.4 is 0 Å². The van der Waals surface area contributed by atoms with Crippen molar-refractivity contribution in [2.24, 2.45) is 0 Å². The van der Waals surface area contributed by atoms with Crippen LogP contribution in [-0.2, 0) is 0 Å². The number of Topliss-reactive ketones (excluding diaryl/α,β-unsaturated/α-hetero) is 1. The molecule has 0 fully saturated rings. The van der Waals surface area contributed by atoms with Crippen molar-refractivity contribution >= 4 is 28.0 Å². The average molecular weight is 327 g/mol. The monoisotopic (exact) mass is 327 g/mol. The Balaban J connectivity index is 1.61. The van der Waals surface area contributed by atoms with Gasteiger partial charge in [-0.25, -0.2) is 0 Å².